The van der Waals surface area contributed by atoms with Gasteiger partial charge in [-0.1, -0.05) is 19.9 Å². The first-order chi connectivity index (χ1) is 7.58. The van der Waals surface area contributed by atoms with Gasteiger partial charge in [0.25, 0.3) is 0 Å². The van der Waals surface area contributed by atoms with Crippen molar-refractivity contribution in [2.75, 3.05) is 5.73 Å². The van der Waals surface area contributed by atoms with Gasteiger partial charge >= 0.3 is 0 Å². The lowest BCUT2D eigenvalue weighted by Gasteiger charge is -2.02. The second-order valence-electron chi connectivity index (χ2n) is 3.88. The molecule has 5 heteroatoms. The van der Waals surface area contributed by atoms with Gasteiger partial charge in [-0.25, -0.2) is 4.98 Å². The van der Waals surface area contributed by atoms with E-state index in [4.69, 9.17) is 5.73 Å². The van der Waals surface area contributed by atoms with Crippen molar-refractivity contribution in [2.45, 2.75) is 19.8 Å². The van der Waals surface area contributed by atoms with Gasteiger partial charge in [-0.2, -0.15) is 14.2 Å². The number of hydrogen-bond donors (Lipinski definition) is 1. The van der Waals surface area contributed by atoms with E-state index in [2.05, 4.69) is 10.1 Å². The smallest absolute Gasteiger partial charge is 0.214 e. The summed E-state index contributed by atoms with van der Waals surface area (Å²) < 4.78 is 14.4. The van der Waals surface area contributed by atoms with Crippen molar-refractivity contribution in [3.05, 3.63) is 35.9 Å². The molecule has 0 radical (unpaired) electrons. The molecule has 0 saturated carbocycles. The molecular formula is C11H13FN4. The van der Waals surface area contributed by atoms with Crippen LogP contribution in [-0.2, 0) is 0 Å². The predicted octanol–water partition coefficient (Wildman–Crippen LogP) is 2.11. The molecule has 0 aliphatic heterocycles. The normalized spacial score (nSPS) is 11.0. The topological polar surface area (TPSA) is 56.7 Å². The fourth-order valence-electron chi connectivity index (χ4n) is 1.40. The summed E-state index contributed by atoms with van der Waals surface area (Å²) in [6.45, 7) is 4.04. The summed E-state index contributed by atoms with van der Waals surface area (Å²) in [5.74, 6) is 0.585. The molecule has 0 atom stereocenters. The van der Waals surface area contributed by atoms with Gasteiger partial charge < -0.3 is 5.73 Å². The number of nitrogens with two attached hydrogens (primary N) is 1. The summed E-state index contributed by atoms with van der Waals surface area (Å²) in [5.41, 5.74) is 6.66. The molecule has 0 aromatic carbocycles. The van der Waals surface area contributed by atoms with E-state index in [0.29, 0.717) is 11.6 Å². The summed E-state index contributed by atoms with van der Waals surface area (Å²) >= 11 is 0. The van der Waals surface area contributed by atoms with Crippen LogP contribution >= 0.6 is 0 Å². The van der Waals surface area contributed by atoms with E-state index >= 15 is 0 Å². The Morgan fingerprint density at radius 2 is 2.12 bits per heavy atom. The number of pyridine rings is 1. The van der Waals surface area contributed by atoms with Gasteiger partial charge in [-0.3, -0.25) is 0 Å². The Morgan fingerprint density at radius 1 is 1.38 bits per heavy atom. The van der Waals surface area contributed by atoms with E-state index in [9.17, 15) is 4.39 Å². The van der Waals surface area contributed by atoms with E-state index in [1.807, 2.05) is 13.8 Å². The van der Waals surface area contributed by atoms with Crippen molar-refractivity contribution in [3.63, 3.8) is 0 Å². The molecule has 2 heterocycles. The van der Waals surface area contributed by atoms with Crippen LogP contribution in [-0.4, -0.2) is 14.8 Å². The van der Waals surface area contributed by atoms with E-state index in [0.717, 1.165) is 5.69 Å². The maximum absolute atomic E-state index is 13.0. The molecule has 0 fully saturated rings. The van der Waals surface area contributed by atoms with Gasteiger partial charge in [0.05, 0.1) is 5.69 Å². The summed E-state index contributed by atoms with van der Waals surface area (Å²) in [4.78, 5) is 3.73. The van der Waals surface area contributed by atoms with Crippen LogP contribution in [0, 0.1) is 5.95 Å². The molecule has 0 unspecified atom stereocenters. The third-order valence-electron chi connectivity index (χ3n) is 2.26. The van der Waals surface area contributed by atoms with Gasteiger partial charge in [0.2, 0.25) is 5.95 Å². The average molecular weight is 220 g/mol. The number of anilines is 1. The molecule has 0 aliphatic rings. The zero-order valence-corrected chi connectivity index (χ0v) is 9.18. The minimum Gasteiger partial charge on any atom is -0.384 e. The number of rotatable bonds is 2. The monoisotopic (exact) mass is 220 g/mol. The van der Waals surface area contributed by atoms with Crippen molar-refractivity contribution >= 4 is 5.82 Å². The van der Waals surface area contributed by atoms with Gasteiger partial charge in [0.1, 0.15) is 5.82 Å². The molecule has 2 rings (SSSR count). The number of nitrogens with zero attached hydrogens (tertiary/aromatic N) is 3. The summed E-state index contributed by atoms with van der Waals surface area (Å²) in [6, 6.07) is 6.30. The van der Waals surface area contributed by atoms with Crippen molar-refractivity contribution < 1.29 is 4.39 Å². The fraction of sp³-hybridized carbons (Fsp3) is 0.273. The van der Waals surface area contributed by atoms with Crippen LogP contribution in [0.15, 0.2) is 24.3 Å². The predicted molar refractivity (Wildman–Crippen MR) is 59.8 cm³/mol. The Bertz CT molecular complexity index is 504. The summed E-state index contributed by atoms with van der Waals surface area (Å²) in [6.07, 6.45) is 0. The molecule has 16 heavy (non-hydrogen) atoms. The molecule has 0 spiro atoms. The maximum Gasteiger partial charge on any atom is 0.214 e. The molecule has 0 amide bonds. The average Bonchev–Trinajstić information content (AvgIpc) is 2.60. The van der Waals surface area contributed by atoms with Crippen LogP contribution in [0.5, 0.6) is 0 Å². The standard InChI is InChI=1S/C11H13FN4/c1-7(2)8-6-10(13)16(15-8)11-5-3-4-9(12)14-11/h3-7H,13H2,1-2H3. The van der Waals surface area contributed by atoms with Crippen LogP contribution in [0.2, 0.25) is 0 Å². The Balaban J connectivity index is 2.48. The highest BCUT2D eigenvalue weighted by atomic mass is 19.1. The highest BCUT2D eigenvalue weighted by molar-refractivity contribution is 5.39. The lowest BCUT2D eigenvalue weighted by Crippen LogP contribution is -2.05. The number of nitrogen functional groups attached to an aromatic ring is 1. The van der Waals surface area contributed by atoms with E-state index < -0.39 is 5.95 Å². The molecule has 84 valence electrons. The zero-order valence-electron chi connectivity index (χ0n) is 9.18. The maximum atomic E-state index is 13.0. The first-order valence-corrected chi connectivity index (χ1v) is 5.06. The van der Waals surface area contributed by atoms with Crippen LogP contribution in [0.25, 0.3) is 5.82 Å². The number of aromatic nitrogens is 3. The largest absolute Gasteiger partial charge is 0.384 e. The van der Waals surface area contributed by atoms with Crippen LogP contribution in [0.1, 0.15) is 25.5 Å². The lowest BCUT2D eigenvalue weighted by molar-refractivity contribution is 0.577. The summed E-state index contributed by atoms with van der Waals surface area (Å²) in [7, 11) is 0. The first-order valence-electron chi connectivity index (χ1n) is 5.06. The zero-order chi connectivity index (χ0) is 11.7. The first kappa shape index (κ1) is 10.6. The van der Waals surface area contributed by atoms with Crippen molar-refractivity contribution in [1.82, 2.24) is 14.8 Å². The third-order valence-corrected chi connectivity index (χ3v) is 2.26. The second kappa shape index (κ2) is 3.92. The molecule has 0 aliphatic carbocycles. The molecule has 2 N–H and O–H groups in total. The Labute approximate surface area is 92.9 Å². The molecule has 0 saturated heterocycles. The minimum absolute atomic E-state index is 0.275. The Morgan fingerprint density at radius 3 is 2.69 bits per heavy atom. The second-order valence-corrected chi connectivity index (χ2v) is 3.88. The summed E-state index contributed by atoms with van der Waals surface area (Å²) in [5, 5.41) is 4.28. The molecule has 2 aromatic rings. The van der Waals surface area contributed by atoms with Crippen molar-refractivity contribution in [3.8, 4) is 5.82 Å². The van der Waals surface area contributed by atoms with E-state index in [1.165, 1.54) is 10.7 Å². The van der Waals surface area contributed by atoms with Crippen molar-refractivity contribution in [2.24, 2.45) is 0 Å². The minimum atomic E-state index is -0.543. The van der Waals surface area contributed by atoms with Crippen LogP contribution < -0.4 is 5.73 Å². The van der Waals surface area contributed by atoms with Gasteiger partial charge in [-0.15, -0.1) is 0 Å². The fourth-order valence-corrected chi connectivity index (χ4v) is 1.40. The van der Waals surface area contributed by atoms with Gasteiger partial charge in [0.15, 0.2) is 5.82 Å². The van der Waals surface area contributed by atoms with E-state index in [-0.39, 0.29) is 5.92 Å². The third kappa shape index (κ3) is 1.88. The molecular weight excluding hydrogens is 207 g/mol. The van der Waals surface area contributed by atoms with Crippen LogP contribution in [0.3, 0.4) is 0 Å². The highest BCUT2D eigenvalue weighted by Gasteiger charge is 2.10. The van der Waals surface area contributed by atoms with Crippen molar-refractivity contribution in [1.29, 1.82) is 0 Å². The highest BCUT2D eigenvalue weighted by Crippen LogP contribution is 2.18. The van der Waals surface area contributed by atoms with Gasteiger partial charge in [-0.05, 0) is 18.1 Å². The Hall–Kier alpha value is -1.91. The van der Waals surface area contributed by atoms with Gasteiger partial charge in [0, 0.05) is 6.07 Å². The SMILES string of the molecule is CC(C)c1cc(N)n(-c2cccc(F)n2)n1. The molecule has 2 aromatic heterocycles. The Kier molecular flexibility index (Phi) is 2.60. The van der Waals surface area contributed by atoms with Crippen LogP contribution in [0.4, 0.5) is 10.2 Å². The molecule has 0 bridgehead atoms. The number of hydrogen-bond acceptors (Lipinski definition) is 3. The number of halogens is 1. The quantitative estimate of drug-likeness (QED) is 0.788. The molecule has 4 nitrogen and oxygen atoms in total. The lowest BCUT2D eigenvalue weighted by atomic mass is 10.1. The van der Waals surface area contributed by atoms with E-state index in [1.54, 1.807) is 18.2 Å².